The molecule has 3 rings (SSSR count). The number of carbonyl (C=O) groups excluding carboxylic acids is 2. The monoisotopic (exact) mass is 324 g/mol. The molecule has 2 N–H and O–H groups in total. The summed E-state index contributed by atoms with van der Waals surface area (Å²) in [5.41, 5.74) is 1.54. The van der Waals surface area contributed by atoms with Crippen LogP contribution < -0.4 is 10.6 Å². The van der Waals surface area contributed by atoms with Crippen LogP contribution in [0.2, 0.25) is 0 Å². The Kier molecular flexibility index (Phi) is 5.18. The molecule has 0 bridgehead atoms. The number of piperazine rings is 1. The number of aromatic nitrogens is 1. The van der Waals surface area contributed by atoms with Gasteiger partial charge in [0.1, 0.15) is 0 Å². The molecular weight excluding hydrogens is 304 g/mol. The number of nitrogens with zero attached hydrogens (tertiary/aromatic N) is 2. The van der Waals surface area contributed by atoms with Crippen LogP contribution in [0.4, 0.5) is 0 Å². The van der Waals surface area contributed by atoms with Gasteiger partial charge >= 0.3 is 0 Å². The second-order valence-electron chi connectivity index (χ2n) is 5.64. The van der Waals surface area contributed by atoms with E-state index in [4.69, 9.17) is 0 Å². The minimum absolute atomic E-state index is 0.00943. The van der Waals surface area contributed by atoms with Crippen molar-refractivity contribution in [2.24, 2.45) is 0 Å². The van der Waals surface area contributed by atoms with Gasteiger partial charge in [0.25, 0.3) is 5.91 Å². The molecule has 24 heavy (non-hydrogen) atoms. The molecule has 2 amide bonds. The van der Waals surface area contributed by atoms with Crippen LogP contribution in [0.15, 0.2) is 54.9 Å². The van der Waals surface area contributed by atoms with Crippen molar-refractivity contribution in [1.82, 2.24) is 20.5 Å². The van der Waals surface area contributed by atoms with Crippen LogP contribution >= 0.6 is 0 Å². The van der Waals surface area contributed by atoms with Crippen molar-refractivity contribution in [3.05, 3.63) is 66.0 Å². The van der Waals surface area contributed by atoms with Gasteiger partial charge in [-0.1, -0.05) is 24.3 Å². The minimum Gasteiger partial charge on any atom is -0.343 e. The number of hydrogen-bond donors (Lipinski definition) is 2. The lowest BCUT2D eigenvalue weighted by atomic mass is 10.1. The Morgan fingerprint density at radius 2 is 2.04 bits per heavy atom. The highest BCUT2D eigenvalue weighted by Crippen LogP contribution is 2.21. The van der Waals surface area contributed by atoms with E-state index in [2.05, 4.69) is 15.6 Å². The predicted octanol–water partition coefficient (Wildman–Crippen LogP) is 0.985. The lowest BCUT2D eigenvalue weighted by molar-refractivity contribution is -0.133. The topological polar surface area (TPSA) is 74.3 Å². The van der Waals surface area contributed by atoms with E-state index in [1.807, 2.05) is 18.2 Å². The summed E-state index contributed by atoms with van der Waals surface area (Å²) in [5.74, 6) is -0.327. The SMILES string of the molecule is O=C(NCC(=O)N1CCNCC1c1cccnc1)c1ccccc1. The zero-order chi connectivity index (χ0) is 16.8. The molecule has 1 unspecified atom stereocenters. The van der Waals surface area contributed by atoms with Crippen molar-refractivity contribution < 1.29 is 9.59 Å². The normalized spacial score (nSPS) is 17.3. The van der Waals surface area contributed by atoms with E-state index in [1.54, 1.807) is 41.6 Å². The largest absolute Gasteiger partial charge is 0.343 e. The molecule has 6 heteroatoms. The van der Waals surface area contributed by atoms with E-state index in [0.717, 1.165) is 12.1 Å². The second-order valence-corrected chi connectivity index (χ2v) is 5.64. The zero-order valence-corrected chi connectivity index (χ0v) is 13.3. The molecule has 1 aliphatic rings. The Morgan fingerprint density at radius 1 is 1.21 bits per heavy atom. The summed E-state index contributed by atoms with van der Waals surface area (Å²) in [6.45, 7) is 2.03. The van der Waals surface area contributed by atoms with Gasteiger partial charge in [-0.05, 0) is 23.8 Å². The quantitative estimate of drug-likeness (QED) is 0.879. The third-order valence-electron chi connectivity index (χ3n) is 4.07. The van der Waals surface area contributed by atoms with Crippen molar-refractivity contribution in [3.63, 3.8) is 0 Å². The Labute approximate surface area is 140 Å². The average Bonchev–Trinajstić information content (AvgIpc) is 2.67. The molecule has 124 valence electrons. The van der Waals surface area contributed by atoms with Crippen LogP contribution in [0.1, 0.15) is 22.0 Å². The lowest BCUT2D eigenvalue weighted by Crippen LogP contribution is -2.51. The Morgan fingerprint density at radius 3 is 2.79 bits per heavy atom. The zero-order valence-electron chi connectivity index (χ0n) is 13.3. The highest BCUT2D eigenvalue weighted by atomic mass is 16.2. The van der Waals surface area contributed by atoms with Gasteiger partial charge < -0.3 is 15.5 Å². The summed E-state index contributed by atoms with van der Waals surface area (Å²) in [4.78, 5) is 30.6. The first kappa shape index (κ1) is 16.1. The molecular formula is C18H20N4O2. The molecule has 1 saturated heterocycles. The molecule has 1 aromatic carbocycles. The summed E-state index contributed by atoms with van der Waals surface area (Å²) in [6, 6.07) is 12.7. The van der Waals surface area contributed by atoms with Crippen LogP contribution in [-0.2, 0) is 4.79 Å². The highest BCUT2D eigenvalue weighted by Gasteiger charge is 2.27. The number of rotatable bonds is 4. The van der Waals surface area contributed by atoms with Crippen LogP contribution in [0.25, 0.3) is 0 Å². The Hall–Kier alpha value is -2.73. The van der Waals surface area contributed by atoms with Crippen molar-refractivity contribution in [2.75, 3.05) is 26.2 Å². The number of amides is 2. The van der Waals surface area contributed by atoms with Crippen molar-refractivity contribution in [1.29, 1.82) is 0 Å². The maximum absolute atomic E-state index is 12.6. The van der Waals surface area contributed by atoms with E-state index in [-0.39, 0.29) is 24.4 Å². The van der Waals surface area contributed by atoms with E-state index < -0.39 is 0 Å². The molecule has 6 nitrogen and oxygen atoms in total. The van der Waals surface area contributed by atoms with Gasteiger partial charge in [0.05, 0.1) is 12.6 Å². The van der Waals surface area contributed by atoms with Crippen molar-refractivity contribution in [3.8, 4) is 0 Å². The number of pyridine rings is 1. The fraction of sp³-hybridized carbons (Fsp3) is 0.278. The Balaban J connectivity index is 1.63. The molecule has 1 aliphatic heterocycles. The third kappa shape index (κ3) is 3.78. The molecule has 2 heterocycles. The molecule has 0 aliphatic carbocycles. The van der Waals surface area contributed by atoms with E-state index in [0.29, 0.717) is 18.7 Å². The van der Waals surface area contributed by atoms with Gasteiger partial charge in [-0.2, -0.15) is 0 Å². The van der Waals surface area contributed by atoms with Crippen molar-refractivity contribution >= 4 is 11.8 Å². The smallest absolute Gasteiger partial charge is 0.251 e. The number of carbonyl (C=O) groups is 2. The Bertz CT molecular complexity index is 691. The van der Waals surface area contributed by atoms with Gasteiger partial charge in [0, 0.05) is 37.6 Å². The number of nitrogens with one attached hydrogen (secondary N) is 2. The summed E-state index contributed by atoms with van der Waals surface area (Å²) in [5, 5.41) is 6.00. The maximum Gasteiger partial charge on any atom is 0.251 e. The number of benzene rings is 1. The highest BCUT2D eigenvalue weighted by molar-refractivity contribution is 5.96. The molecule has 2 aromatic rings. The summed E-state index contributed by atoms with van der Waals surface area (Å²) >= 11 is 0. The first-order valence-corrected chi connectivity index (χ1v) is 7.99. The van der Waals surface area contributed by atoms with E-state index in [1.165, 1.54) is 0 Å². The van der Waals surface area contributed by atoms with Crippen LogP contribution in [0.3, 0.4) is 0 Å². The van der Waals surface area contributed by atoms with Crippen LogP contribution in [-0.4, -0.2) is 47.9 Å². The van der Waals surface area contributed by atoms with Gasteiger partial charge in [-0.25, -0.2) is 0 Å². The van der Waals surface area contributed by atoms with Crippen LogP contribution in [0, 0.1) is 0 Å². The lowest BCUT2D eigenvalue weighted by Gasteiger charge is -2.36. The van der Waals surface area contributed by atoms with Crippen LogP contribution in [0.5, 0.6) is 0 Å². The van der Waals surface area contributed by atoms with Gasteiger partial charge in [-0.3, -0.25) is 14.6 Å². The summed E-state index contributed by atoms with van der Waals surface area (Å²) < 4.78 is 0. The second kappa shape index (κ2) is 7.70. The molecule has 0 saturated carbocycles. The van der Waals surface area contributed by atoms with Gasteiger partial charge in [0.15, 0.2) is 0 Å². The van der Waals surface area contributed by atoms with Crippen molar-refractivity contribution in [2.45, 2.75) is 6.04 Å². The molecule has 0 spiro atoms. The predicted molar refractivity (Wildman–Crippen MR) is 90.3 cm³/mol. The molecule has 1 aromatic heterocycles. The standard InChI is InChI=1S/C18H20N4O2/c23-17(13-21-18(24)14-5-2-1-3-6-14)22-10-9-20-12-16(22)15-7-4-8-19-11-15/h1-8,11,16,20H,9-10,12-13H2,(H,21,24). The fourth-order valence-corrected chi connectivity index (χ4v) is 2.82. The van der Waals surface area contributed by atoms with E-state index >= 15 is 0 Å². The molecule has 1 atom stereocenters. The molecule has 1 fully saturated rings. The summed E-state index contributed by atoms with van der Waals surface area (Å²) in [6.07, 6.45) is 3.49. The molecule has 0 radical (unpaired) electrons. The summed E-state index contributed by atoms with van der Waals surface area (Å²) in [7, 11) is 0. The van der Waals surface area contributed by atoms with E-state index in [9.17, 15) is 9.59 Å². The third-order valence-corrected chi connectivity index (χ3v) is 4.07. The minimum atomic E-state index is -0.239. The maximum atomic E-state index is 12.6. The number of hydrogen-bond acceptors (Lipinski definition) is 4. The van der Waals surface area contributed by atoms with Gasteiger partial charge in [-0.15, -0.1) is 0 Å². The first-order valence-electron chi connectivity index (χ1n) is 7.99. The van der Waals surface area contributed by atoms with Gasteiger partial charge in [0.2, 0.25) is 5.91 Å². The first-order chi connectivity index (χ1) is 11.8. The average molecular weight is 324 g/mol. The fourth-order valence-electron chi connectivity index (χ4n) is 2.82.